The summed E-state index contributed by atoms with van der Waals surface area (Å²) in [6, 6.07) is 11.6. The van der Waals surface area contributed by atoms with Crippen LogP contribution in [0.25, 0.3) is 6.08 Å². The molecule has 0 fully saturated rings. The van der Waals surface area contributed by atoms with Crippen molar-refractivity contribution in [3.05, 3.63) is 71.6 Å². The van der Waals surface area contributed by atoms with Crippen LogP contribution in [0.15, 0.2) is 54.7 Å². The molecule has 2 rings (SSSR count). The highest BCUT2D eigenvalue weighted by Crippen LogP contribution is 2.27. The topological polar surface area (TPSA) is 51.2 Å². The lowest BCUT2D eigenvalue weighted by atomic mass is 10.2. The molecule has 0 saturated heterocycles. The summed E-state index contributed by atoms with van der Waals surface area (Å²) in [4.78, 5) is 14.9. The maximum atomic E-state index is 12.4. The quantitative estimate of drug-likeness (QED) is 0.784. The molecule has 1 amide bonds. The molecule has 25 heavy (non-hydrogen) atoms. The van der Waals surface area contributed by atoms with Gasteiger partial charge in [0.05, 0.1) is 0 Å². The van der Waals surface area contributed by atoms with Crippen molar-refractivity contribution >= 4 is 12.2 Å². The van der Waals surface area contributed by atoms with Crippen molar-refractivity contribution in [3.8, 4) is 0 Å². The van der Waals surface area contributed by atoms with Crippen LogP contribution in [-0.2, 0) is 17.5 Å². The van der Waals surface area contributed by atoms with Gasteiger partial charge in [-0.3, -0.25) is 4.98 Å². The van der Waals surface area contributed by atoms with Crippen LogP contribution in [0, 0.1) is 0 Å². The van der Waals surface area contributed by atoms with Gasteiger partial charge in [-0.15, -0.1) is 0 Å². The van der Waals surface area contributed by atoms with E-state index < -0.39 is 18.0 Å². The van der Waals surface area contributed by atoms with E-state index in [2.05, 4.69) is 10.3 Å². The highest BCUT2D eigenvalue weighted by Gasteiger charge is 2.31. The molecule has 7 heteroatoms. The van der Waals surface area contributed by atoms with E-state index >= 15 is 0 Å². The summed E-state index contributed by atoms with van der Waals surface area (Å²) >= 11 is 0. The van der Waals surface area contributed by atoms with Crippen molar-refractivity contribution in [3.63, 3.8) is 0 Å². The number of carbonyl (C=O) groups excluding carboxylic acids is 1. The third-order valence-electron chi connectivity index (χ3n) is 3.18. The standard InChI is InChI=1S/C18H17F3N2O2/c19-18(20,21)16-10-9-14(12-23-16)6-4-5-11-22-17(24)25-13-15-7-2-1-3-8-15/h1-4,6-10,12H,5,11,13H2,(H,22,24). The maximum absolute atomic E-state index is 12.4. The fraction of sp³-hybridized carbons (Fsp3) is 0.222. The Kier molecular flexibility index (Phi) is 6.56. The zero-order valence-corrected chi connectivity index (χ0v) is 13.3. The predicted molar refractivity (Wildman–Crippen MR) is 87.5 cm³/mol. The van der Waals surface area contributed by atoms with Gasteiger partial charge in [-0.05, 0) is 23.6 Å². The number of pyridine rings is 1. The number of aromatic nitrogens is 1. The molecule has 0 aliphatic heterocycles. The molecule has 4 nitrogen and oxygen atoms in total. The molecule has 0 aliphatic carbocycles. The molecule has 0 saturated carbocycles. The number of hydrogen-bond acceptors (Lipinski definition) is 3. The van der Waals surface area contributed by atoms with Crippen LogP contribution in [0.4, 0.5) is 18.0 Å². The number of benzene rings is 1. The predicted octanol–water partition coefficient (Wildman–Crippen LogP) is 4.43. The average Bonchev–Trinajstić information content (AvgIpc) is 2.60. The lowest BCUT2D eigenvalue weighted by Gasteiger charge is -2.06. The number of alkyl halides is 3. The highest BCUT2D eigenvalue weighted by atomic mass is 19.4. The minimum Gasteiger partial charge on any atom is -0.445 e. The molecular weight excluding hydrogens is 333 g/mol. The van der Waals surface area contributed by atoms with E-state index in [9.17, 15) is 18.0 Å². The second-order valence-corrected chi connectivity index (χ2v) is 5.15. The molecule has 0 aliphatic rings. The summed E-state index contributed by atoms with van der Waals surface area (Å²) < 4.78 is 42.2. The van der Waals surface area contributed by atoms with Gasteiger partial charge in [0.2, 0.25) is 0 Å². The largest absolute Gasteiger partial charge is 0.445 e. The zero-order chi connectivity index (χ0) is 18.1. The lowest BCUT2D eigenvalue weighted by molar-refractivity contribution is -0.141. The summed E-state index contributed by atoms with van der Waals surface area (Å²) in [5, 5.41) is 2.59. The smallest absolute Gasteiger partial charge is 0.433 e. The van der Waals surface area contributed by atoms with Crippen LogP contribution in [0.3, 0.4) is 0 Å². The van der Waals surface area contributed by atoms with Crippen LogP contribution in [0.5, 0.6) is 0 Å². The van der Waals surface area contributed by atoms with Crippen LogP contribution in [-0.4, -0.2) is 17.6 Å². The number of nitrogens with one attached hydrogen (secondary N) is 1. The molecule has 1 heterocycles. The molecule has 0 radical (unpaired) electrons. The van der Waals surface area contributed by atoms with Gasteiger partial charge in [0, 0.05) is 12.7 Å². The van der Waals surface area contributed by atoms with E-state index in [0.717, 1.165) is 17.8 Å². The Bertz CT molecular complexity index is 699. The number of alkyl carbamates (subject to hydrolysis) is 1. The van der Waals surface area contributed by atoms with Gasteiger partial charge in [0.1, 0.15) is 12.3 Å². The molecule has 1 aromatic carbocycles. The van der Waals surface area contributed by atoms with E-state index in [4.69, 9.17) is 4.74 Å². The number of amides is 1. The normalized spacial score (nSPS) is 11.5. The van der Waals surface area contributed by atoms with Gasteiger partial charge in [-0.1, -0.05) is 48.6 Å². The Hall–Kier alpha value is -2.83. The van der Waals surface area contributed by atoms with Crippen molar-refractivity contribution in [2.75, 3.05) is 6.54 Å². The number of hydrogen-bond donors (Lipinski definition) is 1. The minimum atomic E-state index is -4.44. The molecule has 0 bridgehead atoms. The van der Waals surface area contributed by atoms with Gasteiger partial charge in [-0.2, -0.15) is 13.2 Å². The van der Waals surface area contributed by atoms with Gasteiger partial charge >= 0.3 is 12.3 Å². The number of carbonyl (C=O) groups is 1. The van der Waals surface area contributed by atoms with E-state index in [-0.39, 0.29) is 6.61 Å². The van der Waals surface area contributed by atoms with Crippen molar-refractivity contribution < 1.29 is 22.7 Å². The molecule has 132 valence electrons. The van der Waals surface area contributed by atoms with Crippen molar-refractivity contribution in [1.82, 2.24) is 10.3 Å². The van der Waals surface area contributed by atoms with Crippen LogP contribution < -0.4 is 5.32 Å². The summed E-state index contributed by atoms with van der Waals surface area (Å²) in [5.74, 6) is 0. The number of halogens is 3. The molecule has 0 unspecified atom stereocenters. The van der Waals surface area contributed by atoms with Gasteiger partial charge < -0.3 is 10.1 Å². The van der Waals surface area contributed by atoms with Gasteiger partial charge in [-0.25, -0.2) is 4.79 Å². The van der Waals surface area contributed by atoms with Crippen molar-refractivity contribution in [2.24, 2.45) is 0 Å². The van der Waals surface area contributed by atoms with Crippen molar-refractivity contribution in [2.45, 2.75) is 19.2 Å². The van der Waals surface area contributed by atoms with E-state index in [1.807, 2.05) is 30.3 Å². The fourth-order valence-corrected chi connectivity index (χ4v) is 1.92. The minimum absolute atomic E-state index is 0.194. The Balaban J connectivity index is 1.66. The summed E-state index contributed by atoms with van der Waals surface area (Å²) in [7, 11) is 0. The Morgan fingerprint density at radius 1 is 1.16 bits per heavy atom. The first-order valence-corrected chi connectivity index (χ1v) is 7.59. The zero-order valence-electron chi connectivity index (χ0n) is 13.3. The number of rotatable bonds is 6. The summed E-state index contributed by atoms with van der Waals surface area (Å²) in [6.07, 6.45) is 0.0917. The number of nitrogens with zero attached hydrogens (tertiary/aromatic N) is 1. The third-order valence-corrected chi connectivity index (χ3v) is 3.18. The number of ether oxygens (including phenoxy) is 1. The molecular formula is C18H17F3N2O2. The molecule has 0 atom stereocenters. The summed E-state index contributed by atoms with van der Waals surface area (Å²) in [5.41, 5.74) is 0.527. The van der Waals surface area contributed by atoms with Crippen LogP contribution in [0.1, 0.15) is 23.2 Å². The first kappa shape index (κ1) is 18.5. The second-order valence-electron chi connectivity index (χ2n) is 5.15. The summed E-state index contributed by atoms with van der Waals surface area (Å²) in [6.45, 7) is 0.553. The maximum Gasteiger partial charge on any atom is 0.433 e. The van der Waals surface area contributed by atoms with Crippen LogP contribution in [0.2, 0.25) is 0 Å². The molecule has 2 aromatic rings. The first-order valence-electron chi connectivity index (χ1n) is 7.59. The monoisotopic (exact) mass is 350 g/mol. The van der Waals surface area contributed by atoms with Crippen molar-refractivity contribution in [1.29, 1.82) is 0 Å². The lowest BCUT2D eigenvalue weighted by Crippen LogP contribution is -2.24. The highest BCUT2D eigenvalue weighted by molar-refractivity contribution is 5.67. The van der Waals surface area contributed by atoms with E-state index in [1.54, 1.807) is 12.2 Å². The first-order chi connectivity index (χ1) is 11.9. The molecule has 1 aromatic heterocycles. The molecule has 1 N–H and O–H groups in total. The van der Waals surface area contributed by atoms with E-state index in [0.29, 0.717) is 18.5 Å². The Morgan fingerprint density at radius 3 is 2.56 bits per heavy atom. The van der Waals surface area contributed by atoms with E-state index in [1.165, 1.54) is 6.07 Å². The Labute approximate surface area is 143 Å². The SMILES string of the molecule is O=C(NCCC=Cc1ccc(C(F)(F)F)nc1)OCc1ccccc1. The molecule has 0 spiro atoms. The second kappa shape index (κ2) is 8.86. The third kappa shape index (κ3) is 6.66. The van der Waals surface area contributed by atoms with Gasteiger partial charge in [0.25, 0.3) is 0 Å². The van der Waals surface area contributed by atoms with Crippen LogP contribution >= 0.6 is 0 Å². The average molecular weight is 350 g/mol. The van der Waals surface area contributed by atoms with Gasteiger partial charge in [0.15, 0.2) is 0 Å². The fourth-order valence-electron chi connectivity index (χ4n) is 1.92. The Morgan fingerprint density at radius 2 is 1.92 bits per heavy atom.